The first-order chi connectivity index (χ1) is 7.65. The Kier molecular flexibility index (Phi) is 6.24. The van der Waals surface area contributed by atoms with Crippen molar-refractivity contribution in [3.05, 3.63) is 34.9 Å². The van der Waals surface area contributed by atoms with Crippen LogP contribution in [-0.2, 0) is 15.3 Å². The van der Waals surface area contributed by atoms with Crippen molar-refractivity contribution in [2.75, 3.05) is 12.9 Å². The van der Waals surface area contributed by atoms with Crippen LogP contribution in [-0.4, -0.2) is 23.7 Å². The van der Waals surface area contributed by atoms with Gasteiger partial charge in [-0.05, 0) is 11.6 Å². The second-order valence-electron chi connectivity index (χ2n) is 3.10. The summed E-state index contributed by atoms with van der Waals surface area (Å²) in [6.07, 6.45) is 0. The highest BCUT2D eigenvalue weighted by atomic mass is 79.9. The van der Waals surface area contributed by atoms with Gasteiger partial charge in [-0.3, -0.25) is 4.79 Å². The molecule has 0 saturated carbocycles. The van der Waals surface area contributed by atoms with Gasteiger partial charge in [0, 0.05) is 16.5 Å². The Labute approximate surface area is 113 Å². The summed E-state index contributed by atoms with van der Waals surface area (Å²) in [5.41, 5.74) is 1.08. The largest absolute Gasteiger partial charge is 0.468 e. The van der Waals surface area contributed by atoms with Gasteiger partial charge in [-0.25, -0.2) is 0 Å². The number of carbonyl (C=O) groups excluding carboxylic acids is 1. The van der Waals surface area contributed by atoms with Gasteiger partial charge >= 0.3 is 5.97 Å². The predicted octanol–water partition coefficient (Wildman–Crippen LogP) is 3.51. The van der Waals surface area contributed by atoms with E-state index in [1.807, 2.05) is 24.3 Å². The number of alkyl halides is 1. The first kappa shape index (κ1) is 13.9. The molecule has 1 unspecified atom stereocenters. The molecular formula is C11H12BrClO2S. The fourth-order valence-corrected chi connectivity index (χ4v) is 3.05. The van der Waals surface area contributed by atoms with Crippen molar-refractivity contribution in [2.45, 2.75) is 10.6 Å². The van der Waals surface area contributed by atoms with Gasteiger partial charge < -0.3 is 4.74 Å². The maximum absolute atomic E-state index is 11.1. The molecule has 0 saturated heterocycles. The van der Waals surface area contributed by atoms with Gasteiger partial charge in [0.05, 0.1) is 7.11 Å². The zero-order valence-corrected chi connectivity index (χ0v) is 11.9. The molecule has 0 heterocycles. The van der Waals surface area contributed by atoms with Crippen LogP contribution < -0.4 is 0 Å². The molecule has 16 heavy (non-hydrogen) atoms. The SMILES string of the molecule is COC(=O)C(Br)CSCc1ccccc1Cl. The van der Waals surface area contributed by atoms with Crippen LogP contribution in [0.4, 0.5) is 0 Å². The standard InChI is InChI=1S/C11H12BrClO2S/c1-15-11(14)9(12)7-16-6-8-4-2-3-5-10(8)13/h2-5,9H,6-7H2,1H3. The van der Waals surface area contributed by atoms with Gasteiger partial charge in [-0.2, -0.15) is 11.8 Å². The van der Waals surface area contributed by atoms with Crippen LogP contribution in [0.2, 0.25) is 5.02 Å². The maximum Gasteiger partial charge on any atom is 0.320 e. The van der Waals surface area contributed by atoms with Crippen molar-refractivity contribution in [2.24, 2.45) is 0 Å². The van der Waals surface area contributed by atoms with E-state index in [0.29, 0.717) is 5.75 Å². The number of halogens is 2. The number of methoxy groups -OCH3 is 1. The minimum Gasteiger partial charge on any atom is -0.468 e. The lowest BCUT2D eigenvalue weighted by atomic mass is 10.2. The Morgan fingerprint density at radius 2 is 2.25 bits per heavy atom. The van der Waals surface area contributed by atoms with E-state index in [1.165, 1.54) is 7.11 Å². The predicted molar refractivity (Wildman–Crippen MR) is 72.3 cm³/mol. The third kappa shape index (κ3) is 4.36. The molecule has 0 bridgehead atoms. The average Bonchev–Trinajstić information content (AvgIpc) is 2.30. The third-order valence-electron chi connectivity index (χ3n) is 1.94. The average molecular weight is 324 g/mol. The first-order valence-corrected chi connectivity index (χ1v) is 7.13. The van der Waals surface area contributed by atoms with E-state index in [-0.39, 0.29) is 10.8 Å². The van der Waals surface area contributed by atoms with Crippen LogP contribution in [0.3, 0.4) is 0 Å². The normalized spacial score (nSPS) is 12.2. The lowest BCUT2D eigenvalue weighted by Crippen LogP contribution is -2.17. The second kappa shape index (κ2) is 7.20. The minimum absolute atomic E-state index is 0.244. The molecule has 1 atom stereocenters. The van der Waals surface area contributed by atoms with Crippen LogP contribution in [0.5, 0.6) is 0 Å². The Bertz CT molecular complexity index is 360. The van der Waals surface area contributed by atoms with Crippen molar-refractivity contribution in [3.8, 4) is 0 Å². The highest BCUT2D eigenvalue weighted by molar-refractivity contribution is 9.10. The molecule has 0 aliphatic rings. The number of benzene rings is 1. The Balaban J connectivity index is 2.36. The van der Waals surface area contributed by atoms with Gasteiger partial charge in [-0.15, -0.1) is 0 Å². The minimum atomic E-state index is -0.259. The topological polar surface area (TPSA) is 26.3 Å². The molecule has 2 nitrogen and oxygen atoms in total. The number of ether oxygens (including phenoxy) is 1. The van der Waals surface area contributed by atoms with Crippen LogP contribution >= 0.6 is 39.3 Å². The molecule has 0 spiro atoms. The molecule has 0 aromatic heterocycles. The summed E-state index contributed by atoms with van der Waals surface area (Å²) in [5, 5.41) is 0.763. The zero-order chi connectivity index (χ0) is 12.0. The van der Waals surface area contributed by atoms with E-state index in [0.717, 1.165) is 16.3 Å². The summed E-state index contributed by atoms with van der Waals surface area (Å²) < 4.78 is 4.61. The van der Waals surface area contributed by atoms with Crippen molar-refractivity contribution >= 4 is 45.3 Å². The van der Waals surface area contributed by atoms with Gasteiger partial charge in [0.25, 0.3) is 0 Å². The molecular weight excluding hydrogens is 312 g/mol. The molecule has 0 radical (unpaired) electrons. The molecule has 0 aliphatic heterocycles. The Morgan fingerprint density at radius 1 is 1.56 bits per heavy atom. The zero-order valence-electron chi connectivity index (χ0n) is 8.78. The van der Waals surface area contributed by atoms with Crippen molar-refractivity contribution in [1.29, 1.82) is 0 Å². The summed E-state index contributed by atoms with van der Waals surface area (Å²) in [6.45, 7) is 0. The monoisotopic (exact) mass is 322 g/mol. The van der Waals surface area contributed by atoms with Crippen molar-refractivity contribution in [1.82, 2.24) is 0 Å². The lowest BCUT2D eigenvalue weighted by molar-refractivity contribution is -0.139. The highest BCUT2D eigenvalue weighted by Crippen LogP contribution is 2.22. The van der Waals surface area contributed by atoms with E-state index in [1.54, 1.807) is 11.8 Å². The van der Waals surface area contributed by atoms with Crippen molar-refractivity contribution < 1.29 is 9.53 Å². The molecule has 88 valence electrons. The second-order valence-corrected chi connectivity index (χ2v) is 5.64. The number of carbonyl (C=O) groups is 1. The number of esters is 1. The van der Waals surface area contributed by atoms with E-state index >= 15 is 0 Å². The molecule has 0 N–H and O–H groups in total. The van der Waals surface area contributed by atoms with Crippen molar-refractivity contribution in [3.63, 3.8) is 0 Å². The summed E-state index contributed by atoms with van der Waals surface area (Å²) in [7, 11) is 1.38. The number of hydrogen-bond acceptors (Lipinski definition) is 3. The first-order valence-electron chi connectivity index (χ1n) is 4.68. The maximum atomic E-state index is 11.1. The molecule has 0 fully saturated rings. The van der Waals surface area contributed by atoms with Gasteiger partial charge in [0.2, 0.25) is 0 Å². The summed E-state index contributed by atoms with van der Waals surface area (Å²) in [5.74, 6) is 1.21. The summed E-state index contributed by atoms with van der Waals surface area (Å²) in [6, 6.07) is 7.70. The van der Waals surface area contributed by atoms with Gasteiger partial charge in [-0.1, -0.05) is 45.7 Å². The van der Waals surface area contributed by atoms with Crippen LogP contribution in [0.25, 0.3) is 0 Å². The summed E-state index contributed by atoms with van der Waals surface area (Å²) >= 11 is 10.9. The highest BCUT2D eigenvalue weighted by Gasteiger charge is 2.14. The quantitative estimate of drug-likeness (QED) is 0.613. The Morgan fingerprint density at radius 3 is 2.88 bits per heavy atom. The molecule has 1 rings (SSSR count). The van der Waals surface area contributed by atoms with Gasteiger partial charge in [0.15, 0.2) is 0 Å². The molecule has 0 amide bonds. The number of thioether (sulfide) groups is 1. The van der Waals surface area contributed by atoms with Crippen LogP contribution in [0.15, 0.2) is 24.3 Å². The fraction of sp³-hybridized carbons (Fsp3) is 0.364. The van der Waals surface area contributed by atoms with E-state index < -0.39 is 0 Å². The lowest BCUT2D eigenvalue weighted by Gasteiger charge is -2.07. The van der Waals surface area contributed by atoms with E-state index in [4.69, 9.17) is 11.6 Å². The van der Waals surface area contributed by atoms with Crippen LogP contribution in [0.1, 0.15) is 5.56 Å². The third-order valence-corrected chi connectivity index (χ3v) is 4.52. The summed E-state index contributed by atoms with van der Waals surface area (Å²) in [4.78, 5) is 10.9. The molecule has 1 aromatic carbocycles. The molecule has 0 aliphatic carbocycles. The molecule has 5 heteroatoms. The fourth-order valence-electron chi connectivity index (χ4n) is 1.08. The van der Waals surface area contributed by atoms with Gasteiger partial charge in [0.1, 0.15) is 4.83 Å². The number of rotatable bonds is 5. The van der Waals surface area contributed by atoms with Crippen LogP contribution in [0, 0.1) is 0 Å². The molecule has 1 aromatic rings. The number of hydrogen-bond donors (Lipinski definition) is 0. The Hall–Kier alpha value is -0.190. The van der Waals surface area contributed by atoms with E-state index in [2.05, 4.69) is 20.7 Å². The smallest absolute Gasteiger partial charge is 0.320 e. The van der Waals surface area contributed by atoms with E-state index in [9.17, 15) is 4.79 Å².